The van der Waals surface area contributed by atoms with Gasteiger partial charge in [-0.15, -0.1) is 0 Å². The summed E-state index contributed by atoms with van der Waals surface area (Å²) in [4.78, 5) is 23.6. The van der Waals surface area contributed by atoms with Crippen molar-refractivity contribution in [2.75, 3.05) is 5.32 Å². The number of halogens is 3. The number of aryl methyl sites for hydroxylation is 1. The van der Waals surface area contributed by atoms with Gasteiger partial charge in [0.2, 0.25) is 5.91 Å². The van der Waals surface area contributed by atoms with E-state index < -0.39 is 29.8 Å². The van der Waals surface area contributed by atoms with Gasteiger partial charge in [0.15, 0.2) is 0 Å². The first-order valence-electron chi connectivity index (χ1n) is 6.54. The molecule has 1 aromatic carbocycles. The maximum Gasteiger partial charge on any atom is 0.421 e. The molecule has 0 bridgehead atoms. The van der Waals surface area contributed by atoms with Crippen LogP contribution in [-0.4, -0.2) is 15.6 Å². The SMILES string of the molecule is Cc1ccc(O)c(NC(=O)Cn2cccc(C(F)(F)F)c2=O)c1. The Morgan fingerprint density at radius 3 is 2.65 bits per heavy atom. The van der Waals surface area contributed by atoms with E-state index in [2.05, 4.69) is 5.32 Å². The Balaban J connectivity index is 2.21. The molecule has 1 heterocycles. The number of benzene rings is 1. The monoisotopic (exact) mass is 326 g/mol. The van der Waals surface area contributed by atoms with Gasteiger partial charge in [-0.2, -0.15) is 13.2 Å². The van der Waals surface area contributed by atoms with Gasteiger partial charge >= 0.3 is 6.18 Å². The molecule has 0 aliphatic carbocycles. The number of nitrogens with zero attached hydrogens (tertiary/aromatic N) is 1. The maximum absolute atomic E-state index is 12.7. The first kappa shape index (κ1) is 16.6. The van der Waals surface area contributed by atoms with Gasteiger partial charge < -0.3 is 15.0 Å². The van der Waals surface area contributed by atoms with Crippen LogP contribution in [-0.2, 0) is 17.5 Å². The van der Waals surface area contributed by atoms with Crippen molar-refractivity contribution >= 4 is 11.6 Å². The van der Waals surface area contributed by atoms with Crippen LogP contribution >= 0.6 is 0 Å². The molecule has 0 saturated heterocycles. The highest BCUT2D eigenvalue weighted by atomic mass is 19.4. The number of alkyl halides is 3. The van der Waals surface area contributed by atoms with Crippen molar-refractivity contribution in [2.45, 2.75) is 19.6 Å². The minimum Gasteiger partial charge on any atom is -0.506 e. The summed E-state index contributed by atoms with van der Waals surface area (Å²) < 4.78 is 38.6. The molecule has 0 radical (unpaired) electrons. The number of amides is 1. The summed E-state index contributed by atoms with van der Waals surface area (Å²) in [5, 5.41) is 12.0. The number of pyridine rings is 1. The van der Waals surface area contributed by atoms with Crippen LogP contribution < -0.4 is 10.9 Å². The molecule has 0 spiro atoms. The maximum atomic E-state index is 12.7. The fourth-order valence-electron chi connectivity index (χ4n) is 1.97. The number of hydrogen-bond acceptors (Lipinski definition) is 3. The van der Waals surface area contributed by atoms with Crippen LogP contribution in [0.4, 0.5) is 18.9 Å². The Bertz CT molecular complexity index is 797. The van der Waals surface area contributed by atoms with Crippen LogP contribution in [0.15, 0.2) is 41.3 Å². The molecule has 0 atom stereocenters. The first-order valence-corrected chi connectivity index (χ1v) is 6.54. The third-order valence-corrected chi connectivity index (χ3v) is 3.07. The van der Waals surface area contributed by atoms with Crippen LogP contribution in [0.3, 0.4) is 0 Å². The molecule has 122 valence electrons. The molecule has 0 saturated carbocycles. The van der Waals surface area contributed by atoms with Gasteiger partial charge in [0.1, 0.15) is 17.9 Å². The lowest BCUT2D eigenvalue weighted by molar-refractivity contribution is -0.139. The second-order valence-electron chi connectivity index (χ2n) is 4.92. The number of aromatic nitrogens is 1. The summed E-state index contributed by atoms with van der Waals surface area (Å²) in [6.45, 7) is 1.14. The van der Waals surface area contributed by atoms with Crippen LogP contribution in [0.1, 0.15) is 11.1 Å². The Morgan fingerprint density at radius 2 is 2.00 bits per heavy atom. The molecule has 2 N–H and O–H groups in total. The van der Waals surface area contributed by atoms with Gasteiger partial charge in [-0.1, -0.05) is 6.07 Å². The topological polar surface area (TPSA) is 71.3 Å². The van der Waals surface area contributed by atoms with Crippen molar-refractivity contribution in [3.63, 3.8) is 0 Å². The average molecular weight is 326 g/mol. The molecule has 0 aliphatic heterocycles. The Morgan fingerprint density at radius 1 is 1.30 bits per heavy atom. The number of anilines is 1. The summed E-state index contributed by atoms with van der Waals surface area (Å²) >= 11 is 0. The summed E-state index contributed by atoms with van der Waals surface area (Å²) in [5.41, 5.74) is -1.75. The minimum absolute atomic E-state index is 0.120. The minimum atomic E-state index is -4.79. The summed E-state index contributed by atoms with van der Waals surface area (Å²) in [6.07, 6.45) is -3.70. The van der Waals surface area contributed by atoms with Crippen molar-refractivity contribution < 1.29 is 23.1 Å². The number of rotatable bonds is 3. The Labute approximate surface area is 129 Å². The lowest BCUT2D eigenvalue weighted by Crippen LogP contribution is -2.31. The van der Waals surface area contributed by atoms with E-state index in [1.807, 2.05) is 0 Å². The zero-order chi connectivity index (χ0) is 17.2. The third-order valence-electron chi connectivity index (χ3n) is 3.07. The highest BCUT2D eigenvalue weighted by Crippen LogP contribution is 2.26. The highest BCUT2D eigenvalue weighted by Gasteiger charge is 2.34. The number of aromatic hydroxyl groups is 1. The number of phenolic OH excluding ortho intramolecular Hbond substituents is 1. The van der Waals surface area contributed by atoms with Crippen molar-refractivity contribution in [3.05, 3.63) is 58.0 Å². The van der Waals surface area contributed by atoms with E-state index in [4.69, 9.17) is 0 Å². The van der Waals surface area contributed by atoms with Gasteiger partial charge in [-0.05, 0) is 36.8 Å². The van der Waals surface area contributed by atoms with Gasteiger partial charge in [0.05, 0.1) is 5.69 Å². The van der Waals surface area contributed by atoms with Crippen LogP contribution in [0, 0.1) is 6.92 Å². The summed E-state index contributed by atoms with van der Waals surface area (Å²) in [5.74, 6) is -0.910. The van der Waals surface area contributed by atoms with Gasteiger partial charge in [-0.3, -0.25) is 9.59 Å². The van der Waals surface area contributed by atoms with Gasteiger partial charge in [0, 0.05) is 6.20 Å². The van der Waals surface area contributed by atoms with E-state index in [0.29, 0.717) is 10.6 Å². The molecule has 0 fully saturated rings. The first-order chi connectivity index (χ1) is 10.7. The van der Waals surface area contributed by atoms with Crippen molar-refractivity contribution in [3.8, 4) is 5.75 Å². The Hall–Kier alpha value is -2.77. The van der Waals surface area contributed by atoms with Crippen LogP contribution in [0.5, 0.6) is 5.75 Å². The predicted molar refractivity (Wildman–Crippen MR) is 77.2 cm³/mol. The van der Waals surface area contributed by atoms with E-state index in [1.54, 1.807) is 13.0 Å². The van der Waals surface area contributed by atoms with Crippen molar-refractivity contribution in [1.29, 1.82) is 0 Å². The van der Waals surface area contributed by atoms with Crippen LogP contribution in [0.25, 0.3) is 0 Å². The highest BCUT2D eigenvalue weighted by molar-refractivity contribution is 5.92. The number of hydrogen-bond donors (Lipinski definition) is 2. The van der Waals surface area contributed by atoms with Gasteiger partial charge in [-0.25, -0.2) is 0 Å². The smallest absolute Gasteiger partial charge is 0.421 e. The molecule has 2 aromatic rings. The normalized spacial score (nSPS) is 11.3. The molecule has 0 unspecified atom stereocenters. The van der Waals surface area contributed by atoms with E-state index in [-0.39, 0.29) is 11.4 Å². The lowest BCUT2D eigenvalue weighted by Gasteiger charge is -2.11. The molecule has 23 heavy (non-hydrogen) atoms. The predicted octanol–water partition coefficient (Wildman–Crippen LogP) is 2.52. The van der Waals surface area contributed by atoms with Crippen molar-refractivity contribution in [1.82, 2.24) is 4.57 Å². The molecule has 8 heteroatoms. The number of nitrogens with one attached hydrogen (secondary N) is 1. The largest absolute Gasteiger partial charge is 0.506 e. The summed E-state index contributed by atoms with van der Waals surface area (Å²) in [6, 6.07) is 6.20. The second-order valence-corrected chi connectivity index (χ2v) is 4.92. The molecular weight excluding hydrogens is 313 g/mol. The van der Waals surface area contributed by atoms with E-state index in [9.17, 15) is 27.9 Å². The second kappa shape index (κ2) is 6.15. The van der Waals surface area contributed by atoms with E-state index in [0.717, 1.165) is 17.8 Å². The van der Waals surface area contributed by atoms with E-state index in [1.165, 1.54) is 12.1 Å². The summed E-state index contributed by atoms with van der Waals surface area (Å²) in [7, 11) is 0. The van der Waals surface area contributed by atoms with Gasteiger partial charge in [0.25, 0.3) is 5.56 Å². The quantitative estimate of drug-likeness (QED) is 0.852. The third kappa shape index (κ3) is 3.91. The molecule has 1 aromatic heterocycles. The zero-order valence-electron chi connectivity index (χ0n) is 12.0. The van der Waals surface area contributed by atoms with E-state index >= 15 is 0 Å². The molecule has 1 amide bonds. The fourth-order valence-corrected chi connectivity index (χ4v) is 1.97. The number of carbonyl (C=O) groups excluding carboxylic acids is 1. The molecule has 0 aliphatic rings. The average Bonchev–Trinajstić information content (AvgIpc) is 2.44. The lowest BCUT2D eigenvalue weighted by atomic mass is 10.2. The standard InChI is InChI=1S/C15H13F3N2O3/c1-9-4-5-12(21)11(7-9)19-13(22)8-20-6-2-3-10(14(20)23)15(16,17)18/h2-7,21H,8H2,1H3,(H,19,22). The number of carbonyl (C=O) groups is 1. The van der Waals surface area contributed by atoms with Crippen LogP contribution in [0.2, 0.25) is 0 Å². The zero-order valence-corrected chi connectivity index (χ0v) is 12.0. The van der Waals surface area contributed by atoms with Crippen molar-refractivity contribution in [2.24, 2.45) is 0 Å². The molecule has 2 rings (SSSR count). The fraction of sp³-hybridized carbons (Fsp3) is 0.200. The number of phenols is 1. The molecule has 5 nitrogen and oxygen atoms in total. The molecular formula is C15H13F3N2O3. The Kier molecular flexibility index (Phi) is 4.44.